The van der Waals surface area contributed by atoms with Gasteiger partial charge in [0.15, 0.2) is 0 Å². The molecule has 1 amide bonds. The summed E-state index contributed by atoms with van der Waals surface area (Å²) in [4.78, 5) is 22.8. The highest BCUT2D eigenvalue weighted by atomic mass is 35.5. The van der Waals surface area contributed by atoms with Crippen LogP contribution in [-0.4, -0.2) is 44.9 Å². The van der Waals surface area contributed by atoms with Gasteiger partial charge in [0.2, 0.25) is 0 Å². The van der Waals surface area contributed by atoms with E-state index in [2.05, 4.69) is 56.9 Å². The summed E-state index contributed by atoms with van der Waals surface area (Å²) < 4.78 is 2.17. The van der Waals surface area contributed by atoms with Gasteiger partial charge >= 0.3 is 0 Å². The lowest BCUT2D eigenvalue weighted by Crippen LogP contribution is -2.35. The lowest BCUT2D eigenvalue weighted by molar-refractivity contribution is 0.0763. The zero-order valence-corrected chi connectivity index (χ0v) is 24.8. The van der Waals surface area contributed by atoms with Gasteiger partial charge in [-0.05, 0) is 46.5 Å². The van der Waals surface area contributed by atoms with Crippen LogP contribution in [0.15, 0.2) is 110 Å². The molecule has 8 heteroatoms. The van der Waals surface area contributed by atoms with Crippen molar-refractivity contribution in [2.45, 2.75) is 25.6 Å². The SMILES string of the molecule is Cl.Cl.N#Cc1ccc(Cn2cncc2CN2CCN(C(=O)c3cccc4ccccc34)CCC2c2ccccc2)cc1. The molecule has 0 saturated carbocycles. The van der Waals surface area contributed by atoms with Crippen molar-refractivity contribution in [1.29, 1.82) is 5.26 Å². The lowest BCUT2D eigenvalue weighted by atomic mass is 10.0. The summed E-state index contributed by atoms with van der Waals surface area (Å²) in [6.07, 6.45) is 4.67. The zero-order chi connectivity index (χ0) is 27.3. The Balaban J connectivity index is 0.00000202. The fourth-order valence-corrected chi connectivity index (χ4v) is 5.72. The molecule has 42 heavy (non-hydrogen) atoms. The first kappa shape index (κ1) is 30.8. The van der Waals surface area contributed by atoms with Crippen LogP contribution < -0.4 is 0 Å². The van der Waals surface area contributed by atoms with E-state index in [0.29, 0.717) is 25.2 Å². The van der Waals surface area contributed by atoms with E-state index in [0.717, 1.165) is 47.1 Å². The molecule has 1 unspecified atom stereocenters. The molecule has 1 fully saturated rings. The number of hydrogen-bond donors (Lipinski definition) is 0. The molecule has 0 bridgehead atoms. The van der Waals surface area contributed by atoms with Crippen molar-refractivity contribution < 1.29 is 4.79 Å². The topological polar surface area (TPSA) is 65.2 Å². The van der Waals surface area contributed by atoms with Gasteiger partial charge in [0.1, 0.15) is 0 Å². The third-order valence-corrected chi connectivity index (χ3v) is 7.86. The van der Waals surface area contributed by atoms with Crippen LogP contribution in [0.5, 0.6) is 0 Å². The molecule has 0 radical (unpaired) electrons. The smallest absolute Gasteiger partial charge is 0.254 e. The number of aromatic nitrogens is 2. The van der Waals surface area contributed by atoms with E-state index in [9.17, 15) is 4.79 Å². The van der Waals surface area contributed by atoms with Gasteiger partial charge in [-0.25, -0.2) is 4.98 Å². The van der Waals surface area contributed by atoms with Gasteiger partial charge < -0.3 is 9.47 Å². The van der Waals surface area contributed by atoms with Gasteiger partial charge in [-0.1, -0.05) is 78.9 Å². The van der Waals surface area contributed by atoms with E-state index in [1.165, 1.54) is 5.56 Å². The fourth-order valence-electron chi connectivity index (χ4n) is 5.72. The number of benzene rings is 4. The Bertz CT molecular complexity index is 1660. The van der Waals surface area contributed by atoms with Crippen LogP contribution in [0.2, 0.25) is 0 Å². The minimum absolute atomic E-state index is 0. The number of nitriles is 1. The van der Waals surface area contributed by atoms with E-state index < -0.39 is 0 Å². The predicted octanol–water partition coefficient (Wildman–Crippen LogP) is 6.89. The number of carbonyl (C=O) groups is 1. The second kappa shape index (κ2) is 14.2. The summed E-state index contributed by atoms with van der Waals surface area (Å²) in [6, 6.07) is 34.8. The number of fused-ring (bicyclic) bond motifs is 1. The Morgan fingerprint density at radius 1 is 0.833 bits per heavy atom. The van der Waals surface area contributed by atoms with Crippen LogP contribution in [0, 0.1) is 11.3 Å². The van der Waals surface area contributed by atoms with Crippen molar-refractivity contribution in [3.05, 3.63) is 138 Å². The summed E-state index contributed by atoms with van der Waals surface area (Å²) in [5, 5.41) is 11.2. The molecule has 6 nitrogen and oxygen atoms in total. The molecule has 1 aliphatic heterocycles. The predicted molar refractivity (Wildman–Crippen MR) is 171 cm³/mol. The van der Waals surface area contributed by atoms with Crippen molar-refractivity contribution in [3.63, 3.8) is 0 Å². The molecule has 4 aromatic carbocycles. The highest BCUT2D eigenvalue weighted by molar-refractivity contribution is 6.07. The number of carbonyl (C=O) groups excluding carboxylic acids is 1. The second-order valence-corrected chi connectivity index (χ2v) is 10.3. The Morgan fingerprint density at radius 3 is 2.36 bits per heavy atom. The maximum Gasteiger partial charge on any atom is 0.254 e. The molecule has 0 spiro atoms. The minimum Gasteiger partial charge on any atom is -0.337 e. The summed E-state index contributed by atoms with van der Waals surface area (Å²) in [5.74, 6) is 0.0938. The van der Waals surface area contributed by atoms with Crippen molar-refractivity contribution in [3.8, 4) is 6.07 Å². The highest BCUT2D eigenvalue weighted by Gasteiger charge is 2.29. The quantitative estimate of drug-likeness (QED) is 0.214. The summed E-state index contributed by atoms with van der Waals surface area (Å²) in [6.45, 7) is 3.54. The Hall–Kier alpha value is -4.15. The van der Waals surface area contributed by atoms with Gasteiger partial charge in [-0.3, -0.25) is 9.69 Å². The highest BCUT2D eigenvalue weighted by Crippen LogP contribution is 2.30. The Labute approximate surface area is 259 Å². The monoisotopic (exact) mass is 597 g/mol. The zero-order valence-electron chi connectivity index (χ0n) is 23.2. The molecule has 0 N–H and O–H groups in total. The van der Waals surface area contributed by atoms with Gasteiger partial charge in [0, 0.05) is 50.5 Å². The molecule has 214 valence electrons. The van der Waals surface area contributed by atoms with Crippen LogP contribution >= 0.6 is 24.8 Å². The van der Waals surface area contributed by atoms with E-state index in [-0.39, 0.29) is 36.8 Å². The van der Waals surface area contributed by atoms with Crippen LogP contribution in [0.25, 0.3) is 10.8 Å². The number of halogens is 2. The minimum atomic E-state index is 0. The average Bonchev–Trinajstić information content (AvgIpc) is 3.33. The average molecular weight is 599 g/mol. The third-order valence-electron chi connectivity index (χ3n) is 7.86. The van der Waals surface area contributed by atoms with Gasteiger partial charge in [-0.2, -0.15) is 5.26 Å². The number of hydrogen-bond acceptors (Lipinski definition) is 4. The first-order chi connectivity index (χ1) is 19.7. The normalized spacial score (nSPS) is 15.2. The summed E-state index contributed by atoms with van der Waals surface area (Å²) in [5.41, 5.74) is 4.94. The van der Waals surface area contributed by atoms with Gasteiger partial charge in [-0.15, -0.1) is 24.8 Å². The second-order valence-electron chi connectivity index (χ2n) is 10.3. The molecule has 0 aliphatic carbocycles. The third kappa shape index (κ3) is 6.66. The van der Waals surface area contributed by atoms with E-state index in [1.807, 2.05) is 78.1 Å². The summed E-state index contributed by atoms with van der Waals surface area (Å²) in [7, 11) is 0. The molecule has 1 aromatic heterocycles. The maximum atomic E-state index is 13.8. The van der Waals surface area contributed by atoms with Crippen LogP contribution in [0.3, 0.4) is 0 Å². The maximum absolute atomic E-state index is 13.8. The molecule has 1 atom stereocenters. The molecule has 2 heterocycles. The molecule has 1 saturated heterocycles. The Morgan fingerprint density at radius 2 is 1.57 bits per heavy atom. The molecule has 5 aromatic rings. The van der Waals surface area contributed by atoms with E-state index >= 15 is 0 Å². The van der Waals surface area contributed by atoms with E-state index in [1.54, 1.807) is 0 Å². The fraction of sp³-hybridized carbons (Fsp3) is 0.206. The molecular weight excluding hydrogens is 565 g/mol. The van der Waals surface area contributed by atoms with Crippen molar-refractivity contribution >= 4 is 41.5 Å². The van der Waals surface area contributed by atoms with Crippen molar-refractivity contribution in [1.82, 2.24) is 19.4 Å². The van der Waals surface area contributed by atoms with Crippen LogP contribution in [-0.2, 0) is 13.1 Å². The van der Waals surface area contributed by atoms with Gasteiger partial charge in [0.05, 0.1) is 23.7 Å². The van der Waals surface area contributed by atoms with E-state index in [4.69, 9.17) is 5.26 Å². The molecule has 6 rings (SSSR count). The molecular formula is C34H33Cl2N5O. The number of amides is 1. The lowest BCUT2D eigenvalue weighted by Gasteiger charge is -2.30. The standard InChI is InChI=1S/C34H31N5O.2ClH/c35-21-26-13-15-27(16-14-26)23-39-25-36-22-30(39)24-38-20-19-37(18-17-33(38)29-8-2-1-3-9-29)34(40)32-12-6-10-28-7-4-5-11-31(28)32;;/h1-16,22,25,33H,17-20,23-24H2;2*1H. The largest absolute Gasteiger partial charge is 0.337 e. The number of nitrogens with zero attached hydrogens (tertiary/aromatic N) is 5. The first-order valence-corrected chi connectivity index (χ1v) is 13.7. The molecule has 1 aliphatic rings. The van der Waals surface area contributed by atoms with Crippen molar-refractivity contribution in [2.75, 3.05) is 19.6 Å². The van der Waals surface area contributed by atoms with Gasteiger partial charge in [0.25, 0.3) is 5.91 Å². The Kier molecular flexibility index (Phi) is 10.4. The van der Waals surface area contributed by atoms with Crippen LogP contribution in [0.1, 0.15) is 45.2 Å². The summed E-state index contributed by atoms with van der Waals surface area (Å²) >= 11 is 0. The number of rotatable bonds is 6. The van der Waals surface area contributed by atoms with Crippen LogP contribution in [0.4, 0.5) is 0 Å². The first-order valence-electron chi connectivity index (χ1n) is 13.7. The number of imidazole rings is 1. The van der Waals surface area contributed by atoms with Crippen molar-refractivity contribution in [2.24, 2.45) is 0 Å².